The van der Waals surface area contributed by atoms with Gasteiger partial charge in [-0.2, -0.15) is 5.26 Å². The summed E-state index contributed by atoms with van der Waals surface area (Å²) >= 11 is 12.6. The van der Waals surface area contributed by atoms with Gasteiger partial charge in [0.25, 0.3) is 0 Å². The average Bonchev–Trinajstić information content (AvgIpc) is 3.50. The summed E-state index contributed by atoms with van der Waals surface area (Å²) in [4.78, 5) is 13.7. The summed E-state index contributed by atoms with van der Waals surface area (Å²) in [5.74, 6) is 2.33. The van der Waals surface area contributed by atoms with E-state index in [0.29, 0.717) is 50.7 Å². The summed E-state index contributed by atoms with van der Waals surface area (Å²) in [5, 5.41) is 14.6. The van der Waals surface area contributed by atoms with Gasteiger partial charge < -0.3 is 24.1 Å². The van der Waals surface area contributed by atoms with Crippen LogP contribution >= 0.6 is 23.2 Å². The van der Waals surface area contributed by atoms with E-state index in [1.54, 1.807) is 31.6 Å². The number of aromatic nitrogens is 2. The van der Waals surface area contributed by atoms with Crippen molar-refractivity contribution in [3.05, 3.63) is 88.6 Å². The van der Waals surface area contributed by atoms with Crippen LogP contribution in [0, 0.1) is 11.3 Å². The zero-order valence-electron chi connectivity index (χ0n) is 23.6. The number of furan rings is 1. The first-order valence-electron chi connectivity index (χ1n) is 13.6. The minimum Gasteiger partial charge on any atom is -0.496 e. The molecule has 218 valence electrons. The van der Waals surface area contributed by atoms with E-state index in [1.165, 1.54) is 12.8 Å². The lowest BCUT2D eigenvalue weighted by Crippen LogP contribution is -2.45. The predicted molar refractivity (Wildman–Crippen MR) is 169 cm³/mol. The molecule has 0 amide bonds. The molecule has 0 saturated carbocycles. The maximum atomic E-state index is 9.88. The number of fused-ring (bicyclic) bond motifs is 1. The second-order valence-corrected chi connectivity index (χ2v) is 10.9. The smallest absolute Gasteiger partial charge is 0.149 e. The number of piperazine rings is 1. The number of rotatable bonds is 8. The lowest BCUT2D eigenvalue weighted by atomic mass is 10.0. The van der Waals surface area contributed by atoms with Crippen molar-refractivity contribution in [3.8, 4) is 28.7 Å². The van der Waals surface area contributed by atoms with Crippen molar-refractivity contribution >= 4 is 51.3 Å². The van der Waals surface area contributed by atoms with Crippen molar-refractivity contribution in [1.82, 2.24) is 14.9 Å². The Balaban J connectivity index is 1.25. The Morgan fingerprint density at radius 1 is 0.953 bits per heavy atom. The molecule has 0 bridgehead atoms. The third-order valence-corrected chi connectivity index (χ3v) is 8.10. The molecule has 1 aliphatic heterocycles. The topological polar surface area (TPSA) is 99.7 Å². The minimum absolute atomic E-state index is 0.349. The van der Waals surface area contributed by atoms with Gasteiger partial charge in [0.05, 0.1) is 53.8 Å². The summed E-state index contributed by atoms with van der Waals surface area (Å²) in [6.45, 7) is 4.46. The van der Waals surface area contributed by atoms with Crippen LogP contribution in [0.4, 0.5) is 17.2 Å². The van der Waals surface area contributed by atoms with Gasteiger partial charge in [-0.3, -0.25) is 9.88 Å². The molecule has 1 saturated heterocycles. The van der Waals surface area contributed by atoms with E-state index in [9.17, 15) is 5.26 Å². The maximum absolute atomic E-state index is 9.88. The van der Waals surface area contributed by atoms with Gasteiger partial charge in [0, 0.05) is 66.8 Å². The number of methoxy groups -OCH3 is 2. The summed E-state index contributed by atoms with van der Waals surface area (Å²) < 4.78 is 17.1. The molecule has 2 aromatic carbocycles. The highest BCUT2D eigenvalue weighted by atomic mass is 35.5. The van der Waals surface area contributed by atoms with Crippen LogP contribution in [0.3, 0.4) is 0 Å². The highest BCUT2D eigenvalue weighted by Crippen LogP contribution is 2.38. The molecular weight excluding hydrogens is 587 g/mol. The molecule has 9 nitrogen and oxygen atoms in total. The van der Waals surface area contributed by atoms with Crippen LogP contribution in [0.15, 0.2) is 71.6 Å². The van der Waals surface area contributed by atoms with E-state index < -0.39 is 0 Å². The number of benzene rings is 2. The standard InChI is InChI=1S/C32H28Cl2N6O3/c1-41-30-13-20-11-21(17-35)32(38-29-16-31(42-2)27(34)15-26(29)33)37-28(20)14-25(30)22-12-24(43-19-22)18-39-7-9-40(10-8-39)23-3-5-36-6-4-23/h3-6,11-16,19H,7-10,18H2,1-2H3,(H,37,38). The van der Waals surface area contributed by atoms with E-state index in [4.69, 9.17) is 42.1 Å². The molecule has 3 aromatic heterocycles. The van der Waals surface area contributed by atoms with Gasteiger partial charge in [-0.1, -0.05) is 23.2 Å². The lowest BCUT2D eigenvalue weighted by molar-refractivity contribution is 0.230. The van der Waals surface area contributed by atoms with Gasteiger partial charge in [0.2, 0.25) is 0 Å². The fourth-order valence-corrected chi connectivity index (χ4v) is 5.74. The van der Waals surface area contributed by atoms with Gasteiger partial charge in [0.1, 0.15) is 29.1 Å². The molecule has 5 aromatic rings. The molecule has 1 fully saturated rings. The normalized spacial score (nSPS) is 13.6. The number of nitrogens with zero attached hydrogens (tertiary/aromatic N) is 5. The van der Waals surface area contributed by atoms with Crippen molar-refractivity contribution in [3.63, 3.8) is 0 Å². The number of ether oxygens (including phenoxy) is 2. The van der Waals surface area contributed by atoms with Crippen molar-refractivity contribution in [2.75, 3.05) is 50.6 Å². The average molecular weight is 616 g/mol. The number of halogens is 2. The lowest BCUT2D eigenvalue weighted by Gasteiger charge is -2.35. The molecule has 0 unspecified atom stereocenters. The Labute approximate surface area is 259 Å². The van der Waals surface area contributed by atoms with E-state index >= 15 is 0 Å². The predicted octanol–water partition coefficient (Wildman–Crippen LogP) is 7.15. The van der Waals surface area contributed by atoms with Crippen molar-refractivity contribution < 1.29 is 13.9 Å². The zero-order valence-corrected chi connectivity index (χ0v) is 25.1. The molecule has 6 rings (SSSR count). The molecular formula is C32H28Cl2N6O3. The van der Waals surface area contributed by atoms with Crippen LogP contribution in [-0.4, -0.2) is 55.3 Å². The van der Waals surface area contributed by atoms with Gasteiger partial charge in [-0.15, -0.1) is 0 Å². The Morgan fingerprint density at radius 2 is 1.72 bits per heavy atom. The highest BCUT2D eigenvalue weighted by Gasteiger charge is 2.20. The van der Waals surface area contributed by atoms with Crippen molar-refractivity contribution in [2.24, 2.45) is 0 Å². The van der Waals surface area contributed by atoms with Gasteiger partial charge in [-0.05, 0) is 42.5 Å². The first-order chi connectivity index (χ1) is 20.9. The highest BCUT2D eigenvalue weighted by molar-refractivity contribution is 6.37. The van der Waals surface area contributed by atoms with Crippen LogP contribution in [0.5, 0.6) is 11.5 Å². The molecule has 0 spiro atoms. The SMILES string of the molecule is COc1cc(Nc2nc3cc(-c4coc(CN5CCN(c6ccncc6)CC5)c4)c(OC)cc3cc2C#N)c(Cl)cc1Cl. The summed E-state index contributed by atoms with van der Waals surface area (Å²) in [6.07, 6.45) is 5.40. The summed E-state index contributed by atoms with van der Waals surface area (Å²) in [5.41, 5.74) is 4.45. The number of anilines is 3. The first kappa shape index (κ1) is 28.6. The largest absolute Gasteiger partial charge is 0.496 e. The summed E-state index contributed by atoms with van der Waals surface area (Å²) in [7, 11) is 3.15. The van der Waals surface area contributed by atoms with Crippen LogP contribution in [0.1, 0.15) is 11.3 Å². The number of hydrogen-bond donors (Lipinski definition) is 1. The van der Waals surface area contributed by atoms with Crippen LogP contribution < -0.4 is 19.7 Å². The minimum atomic E-state index is 0.349. The number of nitriles is 1. The molecule has 1 aliphatic rings. The fraction of sp³-hybridized carbons (Fsp3) is 0.219. The monoisotopic (exact) mass is 614 g/mol. The van der Waals surface area contributed by atoms with Crippen molar-refractivity contribution in [2.45, 2.75) is 6.54 Å². The molecule has 43 heavy (non-hydrogen) atoms. The third kappa shape index (κ3) is 6.04. The van der Waals surface area contributed by atoms with Crippen LogP contribution in [0.25, 0.3) is 22.0 Å². The Morgan fingerprint density at radius 3 is 2.44 bits per heavy atom. The zero-order chi connectivity index (χ0) is 29.9. The van der Waals surface area contributed by atoms with Gasteiger partial charge >= 0.3 is 0 Å². The van der Waals surface area contributed by atoms with Gasteiger partial charge in [0.15, 0.2) is 0 Å². The molecule has 1 N–H and O–H groups in total. The summed E-state index contributed by atoms with van der Waals surface area (Å²) in [6, 6.07) is 17.2. The van der Waals surface area contributed by atoms with Crippen LogP contribution in [-0.2, 0) is 6.54 Å². The Bertz CT molecular complexity index is 1810. The second-order valence-electron chi connectivity index (χ2n) is 10.1. The Hall–Kier alpha value is -4.49. The Kier molecular flexibility index (Phi) is 8.25. The van der Waals surface area contributed by atoms with E-state index in [1.807, 2.05) is 42.7 Å². The quantitative estimate of drug-likeness (QED) is 0.195. The maximum Gasteiger partial charge on any atom is 0.149 e. The van der Waals surface area contributed by atoms with E-state index in [2.05, 4.69) is 26.2 Å². The first-order valence-corrected chi connectivity index (χ1v) is 14.4. The van der Waals surface area contributed by atoms with Crippen LogP contribution in [0.2, 0.25) is 10.0 Å². The molecule has 0 aliphatic carbocycles. The molecule has 4 heterocycles. The molecule has 11 heteroatoms. The number of hydrogen-bond acceptors (Lipinski definition) is 9. The number of pyridine rings is 2. The third-order valence-electron chi connectivity index (χ3n) is 7.50. The van der Waals surface area contributed by atoms with Gasteiger partial charge in [-0.25, -0.2) is 4.98 Å². The van der Waals surface area contributed by atoms with E-state index in [0.717, 1.165) is 48.5 Å². The fourth-order valence-electron chi connectivity index (χ4n) is 5.23. The molecule has 0 radical (unpaired) electrons. The number of nitrogens with one attached hydrogen (secondary N) is 1. The molecule has 0 atom stereocenters. The van der Waals surface area contributed by atoms with E-state index in [-0.39, 0.29) is 0 Å². The second kappa shape index (κ2) is 12.4. The van der Waals surface area contributed by atoms with Crippen molar-refractivity contribution in [1.29, 1.82) is 5.26 Å².